The van der Waals surface area contributed by atoms with Crippen LogP contribution in [0.4, 0.5) is 0 Å². The minimum absolute atomic E-state index is 0.0122. The number of likely N-dealkylation sites (N-methyl/N-ethyl adjacent to an activating group) is 1. The van der Waals surface area contributed by atoms with Crippen LogP contribution in [0.5, 0.6) is 5.75 Å². The molecule has 11 nitrogen and oxygen atoms in total. The number of aliphatic hydroxyl groups excluding tert-OH is 1. The molecule has 2 amide bonds. The van der Waals surface area contributed by atoms with Gasteiger partial charge >= 0.3 is 0 Å². The fourth-order valence-electron chi connectivity index (χ4n) is 5.00. The quantitative estimate of drug-likeness (QED) is 0.283. The van der Waals surface area contributed by atoms with E-state index in [1.54, 1.807) is 18.2 Å². The number of aliphatic hydroxyl groups is 1. The van der Waals surface area contributed by atoms with Gasteiger partial charge in [-0.05, 0) is 68.1 Å². The zero-order valence-corrected chi connectivity index (χ0v) is 27.0. The number of sulfonamides is 1. The lowest BCUT2D eigenvalue weighted by Crippen LogP contribution is -2.54. The van der Waals surface area contributed by atoms with Crippen LogP contribution in [0, 0.1) is 5.92 Å². The molecule has 238 valence electrons. The lowest BCUT2D eigenvalue weighted by atomic mass is 9.92. The number of benzene rings is 2. The highest BCUT2D eigenvalue weighted by Gasteiger charge is 2.38. The topological polar surface area (TPSA) is 150 Å². The molecular formula is C30H37N3O8S3. The van der Waals surface area contributed by atoms with Crippen molar-refractivity contribution in [3.63, 3.8) is 0 Å². The highest BCUT2D eigenvalue weighted by Crippen LogP contribution is 2.32. The largest absolute Gasteiger partial charge is 0.494 e. The van der Waals surface area contributed by atoms with Crippen molar-refractivity contribution in [3.8, 4) is 5.75 Å². The molecule has 2 heterocycles. The lowest BCUT2D eigenvalue weighted by Gasteiger charge is -2.36. The number of ether oxygens (including phenoxy) is 1. The van der Waals surface area contributed by atoms with Gasteiger partial charge in [0.2, 0.25) is 21.7 Å². The van der Waals surface area contributed by atoms with Gasteiger partial charge in [0.25, 0.3) is 10.0 Å². The summed E-state index contributed by atoms with van der Waals surface area (Å²) in [6.07, 6.45) is -0.122. The second-order valence-electron chi connectivity index (χ2n) is 10.3. The van der Waals surface area contributed by atoms with Gasteiger partial charge < -0.3 is 20.1 Å². The van der Waals surface area contributed by atoms with Crippen LogP contribution in [0.2, 0.25) is 0 Å². The number of amides is 2. The van der Waals surface area contributed by atoms with Crippen LogP contribution in [-0.4, -0.2) is 88.9 Å². The summed E-state index contributed by atoms with van der Waals surface area (Å²) in [5, 5.41) is 13.1. The zero-order valence-electron chi connectivity index (χ0n) is 24.6. The Kier molecular flexibility index (Phi) is 11.2. The van der Waals surface area contributed by atoms with Gasteiger partial charge in [0.15, 0.2) is 0 Å². The summed E-state index contributed by atoms with van der Waals surface area (Å²) < 4.78 is 59.2. The van der Waals surface area contributed by atoms with Crippen molar-refractivity contribution < 1.29 is 36.3 Å². The van der Waals surface area contributed by atoms with Gasteiger partial charge in [0, 0.05) is 33.2 Å². The van der Waals surface area contributed by atoms with E-state index in [4.69, 9.17) is 4.74 Å². The molecule has 1 aliphatic rings. The van der Waals surface area contributed by atoms with Crippen molar-refractivity contribution in [1.82, 2.24) is 14.5 Å². The maximum Gasteiger partial charge on any atom is 0.252 e. The molecule has 1 aliphatic heterocycles. The third-order valence-electron chi connectivity index (χ3n) is 7.45. The number of nitrogens with one attached hydrogen (secondary N) is 1. The van der Waals surface area contributed by atoms with Crippen LogP contribution in [-0.2, 0) is 35.9 Å². The Labute approximate surface area is 262 Å². The summed E-state index contributed by atoms with van der Waals surface area (Å²) >= 11 is 0.685. The van der Waals surface area contributed by atoms with Gasteiger partial charge in [0.05, 0.1) is 17.4 Å². The number of sulfone groups is 1. The van der Waals surface area contributed by atoms with Crippen LogP contribution in [0.3, 0.4) is 0 Å². The Morgan fingerprint density at radius 1 is 0.932 bits per heavy atom. The van der Waals surface area contributed by atoms with Crippen LogP contribution < -0.4 is 10.1 Å². The molecule has 2 aromatic carbocycles. The number of carbonyl (C=O) groups is 2. The molecule has 4 rings (SSSR count). The molecule has 1 aromatic heterocycles. The fourth-order valence-corrected chi connectivity index (χ4v) is 9.77. The van der Waals surface area contributed by atoms with Gasteiger partial charge in [-0.25, -0.2) is 16.8 Å². The third kappa shape index (κ3) is 7.67. The average Bonchev–Trinajstić information content (AvgIpc) is 3.56. The summed E-state index contributed by atoms with van der Waals surface area (Å²) in [6.45, 7) is 2.57. The Morgan fingerprint density at radius 3 is 2.18 bits per heavy atom. The molecule has 0 saturated carbocycles. The number of hydrogen-bond acceptors (Lipinski definition) is 9. The predicted octanol–water partition coefficient (Wildman–Crippen LogP) is 2.56. The van der Waals surface area contributed by atoms with Crippen molar-refractivity contribution in [2.75, 3.05) is 39.8 Å². The van der Waals surface area contributed by atoms with Crippen LogP contribution >= 0.6 is 11.3 Å². The smallest absolute Gasteiger partial charge is 0.252 e. The Bertz CT molecular complexity index is 1630. The van der Waals surface area contributed by atoms with Crippen molar-refractivity contribution >= 4 is 43.0 Å². The first-order valence-corrected chi connectivity index (χ1v) is 18.0. The highest BCUT2D eigenvalue weighted by atomic mass is 32.3. The van der Waals surface area contributed by atoms with Crippen molar-refractivity contribution in [3.05, 3.63) is 72.3 Å². The number of nitrogens with zero attached hydrogens (tertiary/aromatic N) is 2. The maximum absolute atomic E-state index is 13.5. The number of hydrogen-bond donors (Lipinski definition) is 2. The predicted molar refractivity (Wildman–Crippen MR) is 166 cm³/mol. The average molecular weight is 664 g/mol. The molecule has 3 aromatic rings. The Balaban J connectivity index is 1.40. The van der Waals surface area contributed by atoms with E-state index in [9.17, 15) is 31.5 Å². The summed E-state index contributed by atoms with van der Waals surface area (Å²) in [7, 11) is -6.49. The van der Waals surface area contributed by atoms with Gasteiger partial charge in [-0.1, -0.05) is 30.3 Å². The van der Waals surface area contributed by atoms with Gasteiger partial charge in [0.1, 0.15) is 20.3 Å². The van der Waals surface area contributed by atoms with E-state index in [1.165, 1.54) is 40.5 Å². The minimum Gasteiger partial charge on any atom is -0.494 e. The number of rotatable bonds is 13. The zero-order chi connectivity index (χ0) is 31.9. The molecule has 0 aliphatic carbocycles. The number of carbonyl (C=O) groups excluding carboxylic acids is 2. The first kappa shape index (κ1) is 33.6. The van der Waals surface area contributed by atoms with E-state index in [2.05, 4.69) is 5.32 Å². The lowest BCUT2D eigenvalue weighted by molar-refractivity contribution is -0.147. The van der Waals surface area contributed by atoms with E-state index < -0.39 is 43.7 Å². The second kappa shape index (κ2) is 14.7. The molecule has 1 fully saturated rings. The van der Waals surface area contributed by atoms with E-state index >= 15 is 0 Å². The molecule has 0 bridgehead atoms. The van der Waals surface area contributed by atoms with E-state index in [1.807, 2.05) is 31.2 Å². The third-order valence-corrected chi connectivity index (χ3v) is 13.2. The fraction of sp³-hybridized carbons (Fsp3) is 0.400. The van der Waals surface area contributed by atoms with Crippen LogP contribution in [0.25, 0.3) is 0 Å². The number of thiophene rings is 1. The summed E-state index contributed by atoms with van der Waals surface area (Å²) in [5.41, 5.74) is 1.03. The van der Waals surface area contributed by atoms with Gasteiger partial charge in [-0.3, -0.25) is 9.59 Å². The number of piperazine rings is 1. The van der Waals surface area contributed by atoms with E-state index in [0.29, 0.717) is 30.8 Å². The maximum atomic E-state index is 13.5. The SMILES string of the molecule is CCOc1ccc(CCC[C@@H](C(=O)N2CCN(S(=O)(=O)c3ccc(S(=O)(=O)c4ccccc4)s3)CC2)[C@H](O)C(=O)NC)cc1. The summed E-state index contributed by atoms with van der Waals surface area (Å²) in [5.74, 6) is -1.32. The number of aryl methyl sites for hydroxylation is 1. The molecule has 2 N–H and O–H groups in total. The molecule has 44 heavy (non-hydrogen) atoms. The minimum atomic E-state index is -4.01. The van der Waals surface area contributed by atoms with E-state index in [-0.39, 0.29) is 45.9 Å². The monoisotopic (exact) mass is 663 g/mol. The first-order chi connectivity index (χ1) is 21.0. The Morgan fingerprint density at radius 2 is 1.57 bits per heavy atom. The molecule has 0 unspecified atom stereocenters. The van der Waals surface area contributed by atoms with Gasteiger partial charge in [-0.2, -0.15) is 4.31 Å². The second-order valence-corrected chi connectivity index (χ2v) is 15.7. The van der Waals surface area contributed by atoms with E-state index in [0.717, 1.165) is 11.3 Å². The van der Waals surface area contributed by atoms with Crippen molar-refractivity contribution in [2.45, 2.75) is 45.6 Å². The first-order valence-electron chi connectivity index (χ1n) is 14.3. The Hall–Kier alpha value is -3.30. The summed E-state index contributed by atoms with van der Waals surface area (Å²) in [4.78, 5) is 27.4. The molecule has 0 spiro atoms. The molecule has 1 saturated heterocycles. The molecular weight excluding hydrogens is 627 g/mol. The van der Waals surface area contributed by atoms with Crippen LogP contribution in [0.1, 0.15) is 25.3 Å². The normalized spacial score (nSPS) is 15.8. The molecule has 2 atom stereocenters. The molecule has 14 heteroatoms. The standard InChI is InChI=1S/C30H37N3O8S3/c1-3-41-23-14-12-22(13-15-23)8-7-11-25(28(34)29(35)31-2)30(36)32-18-20-33(21-19-32)44(39,40)27-17-16-26(42-27)43(37,38)24-9-5-4-6-10-24/h4-6,9-10,12-17,25,28,34H,3,7-8,11,18-21H2,1-2H3,(H,31,35)/t25-,28+/m1/s1. The van der Waals surface area contributed by atoms with Gasteiger partial charge in [-0.15, -0.1) is 11.3 Å². The summed E-state index contributed by atoms with van der Waals surface area (Å²) in [6, 6.07) is 18.0. The van der Waals surface area contributed by atoms with Crippen LogP contribution in [0.15, 0.2) is 80.0 Å². The highest BCUT2D eigenvalue weighted by molar-refractivity contribution is 7.95. The molecule has 0 radical (unpaired) electrons. The van der Waals surface area contributed by atoms with Crippen molar-refractivity contribution in [1.29, 1.82) is 0 Å². The van der Waals surface area contributed by atoms with Crippen molar-refractivity contribution in [2.24, 2.45) is 5.92 Å².